The van der Waals surface area contributed by atoms with Gasteiger partial charge in [0, 0.05) is 29.7 Å². The van der Waals surface area contributed by atoms with Crippen LogP contribution in [0.3, 0.4) is 0 Å². The first kappa shape index (κ1) is 14.0. The molecule has 0 spiro atoms. The molecule has 1 nitrogen and oxygen atoms in total. The average Bonchev–Trinajstić information content (AvgIpc) is 2.79. The summed E-state index contributed by atoms with van der Waals surface area (Å²) in [6.07, 6.45) is 6.69. The van der Waals surface area contributed by atoms with Gasteiger partial charge in [0.2, 0.25) is 0 Å². The van der Waals surface area contributed by atoms with Crippen molar-refractivity contribution in [3.63, 3.8) is 0 Å². The highest BCUT2D eigenvalue weighted by Crippen LogP contribution is 2.39. The number of halogens is 2. The highest BCUT2D eigenvalue weighted by atomic mass is 35.5. The predicted octanol–water partition coefficient (Wildman–Crippen LogP) is 4.93. The molecule has 0 unspecified atom stereocenters. The van der Waals surface area contributed by atoms with Crippen LogP contribution >= 0.6 is 34.5 Å². The molecule has 0 saturated carbocycles. The monoisotopic (exact) mass is 301 g/mol. The van der Waals surface area contributed by atoms with E-state index in [1.807, 2.05) is 18.4 Å². The Morgan fingerprint density at radius 3 is 2.83 bits per heavy atom. The van der Waals surface area contributed by atoms with E-state index in [0.29, 0.717) is 0 Å². The molecule has 0 N–H and O–H groups in total. The number of likely N-dealkylation sites (N-methyl/N-ethyl adjacent to an activating group) is 1. The fourth-order valence-electron chi connectivity index (χ4n) is 2.03. The Kier molecular flexibility index (Phi) is 4.41. The van der Waals surface area contributed by atoms with E-state index in [9.17, 15) is 0 Å². The standard InChI is InChI=1S/C14H17Cl2NS/c1-14(15,16)12(13-7-5-9-18-13)10-11-6-3-4-8-17(11)2/h5-7,9-10H,3-4,8H2,1-2H3/b12-10-. The molecule has 0 radical (unpaired) electrons. The van der Waals surface area contributed by atoms with Gasteiger partial charge >= 0.3 is 0 Å². The molecule has 2 rings (SSSR count). The molecule has 4 heteroatoms. The molecule has 0 atom stereocenters. The lowest BCUT2D eigenvalue weighted by Crippen LogP contribution is -2.22. The van der Waals surface area contributed by atoms with E-state index in [2.05, 4.69) is 30.2 Å². The molecule has 1 aliphatic heterocycles. The lowest BCUT2D eigenvalue weighted by Gasteiger charge is -2.26. The fraction of sp³-hybridized carbons (Fsp3) is 0.429. The average molecular weight is 302 g/mol. The molecular formula is C14H17Cl2NS. The number of hydrogen-bond acceptors (Lipinski definition) is 2. The van der Waals surface area contributed by atoms with E-state index < -0.39 is 4.33 Å². The summed E-state index contributed by atoms with van der Waals surface area (Å²) in [6, 6.07) is 4.08. The second-order valence-electron chi connectivity index (χ2n) is 4.62. The summed E-state index contributed by atoms with van der Waals surface area (Å²) in [5, 5.41) is 2.04. The topological polar surface area (TPSA) is 3.24 Å². The summed E-state index contributed by atoms with van der Waals surface area (Å²) in [4.78, 5) is 3.37. The van der Waals surface area contributed by atoms with Crippen molar-refractivity contribution in [1.29, 1.82) is 0 Å². The van der Waals surface area contributed by atoms with E-state index in [1.165, 1.54) is 12.1 Å². The maximum absolute atomic E-state index is 6.32. The maximum Gasteiger partial charge on any atom is 0.141 e. The van der Waals surface area contributed by atoms with Crippen molar-refractivity contribution in [2.45, 2.75) is 24.1 Å². The third kappa shape index (κ3) is 3.31. The molecular weight excluding hydrogens is 285 g/mol. The van der Waals surface area contributed by atoms with Crippen LogP contribution < -0.4 is 0 Å². The number of nitrogens with zero attached hydrogens (tertiary/aromatic N) is 1. The first-order chi connectivity index (χ1) is 8.48. The number of alkyl halides is 2. The van der Waals surface area contributed by atoms with Crippen LogP contribution in [0.15, 0.2) is 35.4 Å². The maximum atomic E-state index is 6.32. The van der Waals surface area contributed by atoms with Gasteiger partial charge in [0.1, 0.15) is 4.33 Å². The van der Waals surface area contributed by atoms with Crippen LogP contribution in [-0.4, -0.2) is 22.8 Å². The summed E-state index contributed by atoms with van der Waals surface area (Å²) < 4.78 is -0.871. The molecule has 1 aromatic rings. The third-order valence-corrected chi connectivity index (χ3v) is 4.35. The van der Waals surface area contributed by atoms with Crippen molar-refractivity contribution in [3.8, 4) is 0 Å². The lowest BCUT2D eigenvalue weighted by molar-refractivity contribution is 0.401. The molecule has 0 fully saturated rings. The van der Waals surface area contributed by atoms with Gasteiger partial charge in [-0.05, 0) is 37.3 Å². The van der Waals surface area contributed by atoms with Crippen LogP contribution in [-0.2, 0) is 0 Å². The zero-order valence-corrected chi connectivity index (χ0v) is 12.9. The predicted molar refractivity (Wildman–Crippen MR) is 82.4 cm³/mol. The quantitative estimate of drug-likeness (QED) is 0.715. The van der Waals surface area contributed by atoms with E-state index >= 15 is 0 Å². The summed E-state index contributed by atoms with van der Waals surface area (Å²) in [6.45, 7) is 2.91. The summed E-state index contributed by atoms with van der Waals surface area (Å²) in [5.74, 6) is 0. The van der Waals surface area contributed by atoms with Crippen LogP contribution in [0.1, 0.15) is 24.6 Å². The van der Waals surface area contributed by atoms with Gasteiger partial charge in [-0.2, -0.15) is 0 Å². The first-order valence-electron chi connectivity index (χ1n) is 6.03. The Morgan fingerprint density at radius 2 is 2.28 bits per heavy atom. The zero-order chi connectivity index (χ0) is 13.2. The Bertz CT molecular complexity index is 455. The minimum Gasteiger partial charge on any atom is -0.375 e. The van der Waals surface area contributed by atoms with E-state index in [1.54, 1.807) is 11.3 Å². The van der Waals surface area contributed by atoms with Gasteiger partial charge in [0.15, 0.2) is 0 Å². The van der Waals surface area contributed by atoms with Crippen LogP contribution in [0.4, 0.5) is 0 Å². The molecule has 18 heavy (non-hydrogen) atoms. The summed E-state index contributed by atoms with van der Waals surface area (Å²) >= 11 is 14.3. The van der Waals surface area contributed by atoms with Crippen molar-refractivity contribution in [2.24, 2.45) is 0 Å². The highest BCUT2D eigenvalue weighted by Gasteiger charge is 2.26. The fourth-order valence-corrected chi connectivity index (χ4v) is 3.30. The molecule has 0 bridgehead atoms. The normalized spacial score (nSPS) is 17.9. The Balaban J connectivity index is 2.38. The SMILES string of the molecule is CN1CCCC=C1/C=C(/c1cccs1)C(C)(Cl)Cl. The van der Waals surface area contributed by atoms with Crippen LogP contribution in [0.5, 0.6) is 0 Å². The van der Waals surface area contributed by atoms with E-state index in [4.69, 9.17) is 23.2 Å². The highest BCUT2D eigenvalue weighted by molar-refractivity contribution is 7.11. The first-order valence-corrected chi connectivity index (χ1v) is 7.67. The molecule has 1 aromatic heterocycles. The molecule has 1 aliphatic rings. The Hall–Kier alpha value is -0.440. The van der Waals surface area contributed by atoms with Gasteiger partial charge in [-0.3, -0.25) is 0 Å². The molecule has 98 valence electrons. The molecule has 0 amide bonds. The van der Waals surface area contributed by atoms with Gasteiger partial charge < -0.3 is 4.90 Å². The van der Waals surface area contributed by atoms with Gasteiger partial charge in [-0.15, -0.1) is 11.3 Å². The summed E-state index contributed by atoms with van der Waals surface area (Å²) in [5.41, 5.74) is 2.18. The molecule has 2 heterocycles. The number of hydrogen-bond donors (Lipinski definition) is 0. The number of thiophene rings is 1. The second kappa shape index (κ2) is 5.68. The molecule has 0 saturated heterocycles. The molecule has 0 aromatic carbocycles. The Labute approximate surface area is 123 Å². The van der Waals surface area contributed by atoms with E-state index in [0.717, 1.165) is 23.4 Å². The van der Waals surface area contributed by atoms with E-state index in [-0.39, 0.29) is 0 Å². The molecule has 0 aliphatic carbocycles. The van der Waals surface area contributed by atoms with Gasteiger partial charge in [-0.25, -0.2) is 0 Å². The minimum atomic E-state index is -0.871. The van der Waals surface area contributed by atoms with Crippen LogP contribution in [0, 0.1) is 0 Å². The zero-order valence-electron chi connectivity index (χ0n) is 10.6. The van der Waals surface area contributed by atoms with Crippen molar-refractivity contribution < 1.29 is 0 Å². The van der Waals surface area contributed by atoms with Crippen molar-refractivity contribution in [3.05, 3.63) is 40.2 Å². The van der Waals surface area contributed by atoms with Gasteiger partial charge in [0.05, 0.1) is 0 Å². The van der Waals surface area contributed by atoms with Crippen molar-refractivity contribution >= 4 is 40.1 Å². The minimum absolute atomic E-state index is 0.871. The summed E-state index contributed by atoms with van der Waals surface area (Å²) in [7, 11) is 2.10. The Morgan fingerprint density at radius 1 is 1.50 bits per heavy atom. The largest absolute Gasteiger partial charge is 0.375 e. The third-order valence-electron chi connectivity index (χ3n) is 3.04. The second-order valence-corrected chi connectivity index (χ2v) is 7.27. The number of allylic oxidation sites excluding steroid dienone is 3. The smallest absolute Gasteiger partial charge is 0.141 e. The number of rotatable bonds is 3. The van der Waals surface area contributed by atoms with Crippen molar-refractivity contribution in [2.75, 3.05) is 13.6 Å². The van der Waals surface area contributed by atoms with Crippen molar-refractivity contribution in [1.82, 2.24) is 4.90 Å². The lowest BCUT2D eigenvalue weighted by atomic mass is 10.1. The van der Waals surface area contributed by atoms with Gasteiger partial charge in [0.25, 0.3) is 0 Å². The van der Waals surface area contributed by atoms with Gasteiger partial charge in [-0.1, -0.05) is 35.3 Å². The van der Waals surface area contributed by atoms with Crippen LogP contribution in [0.2, 0.25) is 0 Å². The van der Waals surface area contributed by atoms with Crippen LogP contribution in [0.25, 0.3) is 5.57 Å².